The minimum absolute atomic E-state index is 0.196. The Kier molecular flexibility index (Phi) is 5.70. The van der Waals surface area contributed by atoms with Gasteiger partial charge >= 0.3 is 0 Å². The van der Waals surface area contributed by atoms with Crippen LogP contribution < -0.4 is 5.32 Å². The molecule has 1 aromatic heterocycles. The Morgan fingerprint density at radius 2 is 2.29 bits per heavy atom. The van der Waals surface area contributed by atoms with Crippen LogP contribution in [0.3, 0.4) is 0 Å². The van der Waals surface area contributed by atoms with Crippen molar-refractivity contribution < 1.29 is 5.11 Å². The molecule has 0 aliphatic carbocycles. The molecule has 1 aromatic rings. The number of aliphatic hydroxyl groups excluding tert-OH is 1. The molecule has 1 heterocycles. The van der Waals surface area contributed by atoms with E-state index in [9.17, 15) is 0 Å². The molecule has 0 saturated carbocycles. The molecule has 0 radical (unpaired) electrons. The Hall–Kier alpha value is 0.1000. The summed E-state index contributed by atoms with van der Waals surface area (Å²) in [6.07, 6.45) is 1.70. The molecule has 0 aliphatic heterocycles. The number of hydrogen-bond donors (Lipinski definition) is 2. The Bertz CT molecular complexity index is 262. The average Bonchev–Trinajstić information content (AvgIpc) is 2.50. The van der Waals surface area contributed by atoms with Crippen LogP contribution in [0.5, 0.6) is 0 Å². The van der Waals surface area contributed by atoms with Crippen molar-refractivity contribution >= 4 is 27.3 Å². The topological polar surface area (TPSA) is 32.3 Å². The zero-order chi connectivity index (χ0) is 10.4. The summed E-state index contributed by atoms with van der Waals surface area (Å²) < 4.78 is 1.19. The third kappa shape index (κ3) is 5.10. The molecule has 0 bridgehead atoms. The van der Waals surface area contributed by atoms with Crippen molar-refractivity contribution in [3.8, 4) is 0 Å². The van der Waals surface area contributed by atoms with Crippen LogP contribution in [0.4, 0.5) is 0 Å². The molecule has 2 N–H and O–H groups in total. The van der Waals surface area contributed by atoms with E-state index in [4.69, 9.17) is 5.11 Å². The maximum atomic E-state index is 9.03. The highest BCUT2D eigenvalue weighted by atomic mass is 79.9. The van der Waals surface area contributed by atoms with E-state index >= 15 is 0 Å². The summed E-state index contributed by atoms with van der Waals surface area (Å²) in [7, 11) is 0. The van der Waals surface area contributed by atoms with Crippen molar-refractivity contribution in [1.29, 1.82) is 0 Å². The SMILES string of the molecule is CC(O)CCNCCc1ccc(Br)s1. The molecule has 2 nitrogen and oxygen atoms in total. The summed E-state index contributed by atoms with van der Waals surface area (Å²) in [6.45, 7) is 3.70. The predicted octanol–water partition coefficient (Wildman–Crippen LogP) is 2.41. The molecule has 0 spiro atoms. The number of thiophene rings is 1. The van der Waals surface area contributed by atoms with E-state index in [0.717, 1.165) is 25.9 Å². The summed E-state index contributed by atoms with van der Waals surface area (Å²) in [5, 5.41) is 12.3. The van der Waals surface area contributed by atoms with Gasteiger partial charge in [-0.2, -0.15) is 0 Å². The quantitative estimate of drug-likeness (QED) is 0.783. The standard InChI is InChI=1S/C10H16BrNOS/c1-8(13)4-6-12-7-5-9-2-3-10(11)14-9/h2-3,8,12-13H,4-7H2,1H3. The lowest BCUT2D eigenvalue weighted by Crippen LogP contribution is -2.21. The first-order valence-corrected chi connectivity index (χ1v) is 6.42. The van der Waals surface area contributed by atoms with Crippen LogP contribution in [0.25, 0.3) is 0 Å². The van der Waals surface area contributed by atoms with Crippen LogP contribution in [0.1, 0.15) is 18.2 Å². The van der Waals surface area contributed by atoms with Crippen molar-refractivity contribution in [2.75, 3.05) is 13.1 Å². The lowest BCUT2D eigenvalue weighted by atomic mass is 10.3. The summed E-state index contributed by atoms with van der Waals surface area (Å²) >= 11 is 5.22. The molecule has 0 saturated heterocycles. The molecular weight excluding hydrogens is 262 g/mol. The first-order chi connectivity index (χ1) is 6.68. The predicted molar refractivity (Wildman–Crippen MR) is 64.9 cm³/mol. The third-order valence-corrected chi connectivity index (χ3v) is 3.60. The summed E-state index contributed by atoms with van der Waals surface area (Å²) in [6, 6.07) is 4.22. The molecule has 0 amide bonds. The molecule has 0 aliphatic rings. The lowest BCUT2D eigenvalue weighted by molar-refractivity contribution is 0.184. The maximum Gasteiger partial charge on any atom is 0.0701 e. The van der Waals surface area contributed by atoms with E-state index in [2.05, 4.69) is 33.4 Å². The van der Waals surface area contributed by atoms with Crippen molar-refractivity contribution in [2.45, 2.75) is 25.9 Å². The number of rotatable bonds is 6. The van der Waals surface area contributed by atoms with E-state index in [1.807, 2.05) is 6.92 Å². The van der Waals surface area contributed by atoms with Gasteiger partial charge < -0.3 is 10.4 Å². The Morgan fingerprint density at radius 3 is 2.86 bits per heavy atom. The number of hydrogen-bond acceptors (Lipinski definition) is 3. The van der Waals surface area contributed by atoms with E-state index in [1.165, 1.54) is 8.66 Å². The second-order valence-corrected chi connectivity index (χ2v) is 5.89. The van der Waals surface area contributed by atoms with E-state index in [0.29, 0.717) is 0 Å². The van der Waals surface area contributed by atoms with Gasteiger partial charge in [0.25, 0.3) is 0 Å². The van der Waals surface area contributed by atoms with E-state index in [-0.39, 0.29) is 6.10 Å². The minimum Gasteiger partial charge on any atom is -0.393 e. The van der Waals surface area contributed by atoms with Crippen LogP contribution in [0.15, 0.2) is 15.9 Å². The van der Waals surface area contributed by atoms with E-state index in [1.54, 1.807) is 11.3 Å². The highest BCUT2D eigenvalue weighted by Gasteiger charge is 1.98. The third-order valence-electron chi connectivity index (χ3n) is 1.92. The number of nitrogens with one attached hydrogen (secondary N) is 1. The Balaban J connectivity index is 2.04. The first kappa shape index (κ1) is 12.2. The number of halogens is 1. The maximum absolute atomic E-state index is 9.03. The summed E-state index contributed by atoms with van der Waals surface area (Å²) in [5.41, 5.74) is 0. The van der Waals surface area contributed by atoms with E-state index < -0.39 is 0 Å². The van der Waals surface area contributed by atoms with Gasteiger partial charge in [-0.05, 0) is 60.9 Å². The zero-order valence-corrected chi connectivity index (χ0v) is 10.7. The number of aliphatic hydroxyl groups is 1. The van der Waals surface area contributed by atoms with Gasteiger partial charge in [0, 0.05) is 4.88 Å². The fraction of sp³-hybridized carbons (Fsp3) is 0.600. The highest BCUT2D eigenvalue weighted by Crippen LogP contribution is 2.21. The first-order valence-electron chi connectivity index (χ1n) is 4.81. The lowest BCUT2D eigenvalue weighted by Gasteiger charge is -2.05. The molecule has 1 rings (SSSR count). The van der Waals surface area contributed by atoms with Gasteiger partial charge in [0.05, 0.1) is 9.89 Å². The van der Waals surface area contributed by atoms with Gasteiger partial charge in [0.2, 0.25) is 0 Å². The second kappa shape index (κ2) is 6.56. The smallest absolute Gasteiger partial charge is 0.0701 e. The average molecular weight is 278 g/mol. The fourth-order valence-electron chi connectivity index (χ4n) is 1.13. The largest absolute Gasteiger partial charge is 0.393 e. The van der Waals surface area contributed by atoms with Gasteiger partial charge in [0.1, 0.15) is 0 Å². The summed E-state index contributed by atoms with van der Waals surface area (Å²) in [5.74, 6) is 0. The van der Waals surface area contributed by atoms with Crippen LogP contribution in [0, 0.1) is 0 Å². The van der Waals surface area contributed by atoms with Crippen molar-refractivity contribution in [3.05, 3.63) is 20.8 Å². The van der Waals surface area contributed by atoms with Gasteiger partial charge in [-0.3, -0.25) is 0 Å². The normalized spacial score (nSPS) is 13.1. The molecule has 14 heavy (non-hydrogen) atoms. The molecule has 4 heteroatoms. The molecule has 1 atom stereocenters. The van der Waals surface area contributed by atoms with Gasteiger partial charge in [-0.15, -0.1) is 11.3 Å². The molecular formula is C10H16BrNOS. The monoisotopic (exact) mass is 277 g/mol. The van der Waals surface area contributed by atoms with Gasteiger partial charge in [0.15, 0.2) is 0 Å². The van der Waals surface area contributed by atoms with Crippen LogP contribution >= 0.6 is 27.3 Å². The minimum atomic E-state index is -0.196. The van der Waals surface area contributed by atoms with Crippen LogP contribution in [-0.4, -0.2) is 24.3 Å². The van der Waals surface area contributed by atoms with Crippen molar-refractivity contribution in [1.82, 2.24) is 5.32 Å². The van der Waals surface area contributed by atoms with Gasteiger partial charge in [-0.1, -0.05) is 0 Å². The Morgan fingerprint density at radius 1 is 1.50 bits per heavy atom. The fourth-order valence-corrected chi connectivity index (χ4v) is 2.62. The second-order valence-electron chi connectivity index (χ2n) is 3.34. The molecule has 0 aromatic carbocycles. The van der Waals surface area contributed by atoms with Crippen LogP contribution in [-0.2, 0) is 6.42 Å². The highest BCUT2D eigenvalue weighted by molar-refractivity contribution is 9.11. The van der Waals surface area contributed by atoms with Gasteiger partial charge in [-0.25, -0.2) is 0 Å². The van der Waals surface area contributed by atoms with Crippen LogP contribution in [0.2, 0.25) is 0 Å². The van der Waals surface area contributed by atoms with Crippen molar-refractivity contribution in [2.24, 2.45) is 0 Å². The Labute approximate surface area is 97.5 Å². The molecule has 1 unspecified atom stereocenters. The summed E-state index contributed by atoms with van der Waals surface area (Å²) in [4.78, 5) is 1.39. The molecule has 0 fully saturated rings. The van der Waals surface area contributed by atoms with Crippen molar-refractivity contribution in [3.63, 3.8) is 0 Å². The zero-order valence-electron chi connectivity index (χ0n) is 8.29. The molecule has 80 valence electrons.